The van der Waals surface area contributed by atoms with Gasteiger partial charge in [0.25, 0.3) is 0 Å². The van der Waals surface area contributed by atoms with Crippen molar-refractivity contribution in [1.82, 2.24) is 5.32 Å². The van der Waals surface area contributed by atoms with Crippen LogP contribution in [0.2, 0.25) is 0 Å². The lowest BCUT2D eigenvalue weighted by molar-refractivity contribution is -0.0142. The van der Waals surface area contributed by atoms with Crippen LogP contribution in [0.1, 0.15) is 64.4 Å². The van der Waals surface area contributed by atoms with Crippen LogP contribution >= 0.6 is 0 Å². The van der Waals surface area contributed by atoms with Gasteiger partial charge in [-0.2, -0.15) is 0 Å². The summed E-state index contributed by atoms with van der Waals surface area (Å²) < 4.78 is 6.34. The second kappa shape index (κ2) is 8.43. The highest BCUT2D eigenvalue weighted by Crippen LogP contribution is 2.39. The van der Waals surface area contributed by atoms with Gasteiger partial charge in [0.1, 0.15) is 11.4 Å². The predicted molar refractivity (Wildman–Crippen MR) is 90.0 cm³/mol. The lowest BCUT2D eigenvalue weighted by Gasteiger charge is -2.42. The third-order valence-corrected chi connectivity index (χ3v) is 4.53. The summed E-state index contributed by atoms with van der Waals surface area (Å²) in [5.74, 6) is 1.05. The van der Waals surface area contributed by atoms with Crippen molar-refractivity contribution in [2.24, 2.45) is 0 Å². The highest BCUT2D eigenvalue weighted by atomic mass is 16.5. The largest absolute Gasteiger partial charge is 0.487 e. The average molecular weight is 289 g/mol. The molecule has 0 aromatic heterocycles. The fraction of sp³-hybridized carbons (Fsp3) is 0.684. The first-order chi connectivity index (χ1) is 10.3. The van der Waals surface area contributed by atoms with Crippen LogP contribution < -0.4 is 10.1 Å². The number of nitrogens with one attached hydrogen (secondary N) is 1. The molecule has 0 aliphatic heterocycles. The zero-order chi connectivity index (χ0) is 15.0. The lowest BCUT2D eigenvalue weighted by atomic mass is 9.77. The Morgan fingerprint density at radius 3 is 2.38 bits per heavy atom. The zero-order valence-corrected chi connectivity index (χ0v) is 13.8. The summed E-state index contributed by atoms with van der Waals surface area (Å²) in [5, 5.41) is 3.50. The molecule has 0 bridgehead atoms. The van der Waals surface area contributed by atoms with E-state index >= 15 is 0 Å². The highest BCUT2D eigenvalue weighted by molar-refractivity contribution is 5.28. The van der Waals surface area contributed by atoms with Crippen molar-refractivity contribution < 1.29 is 4.74 Å². The Labute approximate surface area is 130 Å². The molecule has 1 aromatic rings. The number of hydrogen-bond acceptors (Lipinski definition) is 2. The minimum absolute atomic E-state index is 0.103. The molecule has 21 heavy (non-hydrogen) atoms. The van der Waals surface area contributed by atoms with Gasteiger partial charge in [-0.15, -0.1) is 0 Å². The molecule has 0 radical (unpaired) electrons. The summed E-state index contributed by atoms with van der Waals surface area (Å²) in [6.07, 6.45) is 9.76. The molecule has 0 amide bonds. The highest BCUT2D eigenvalue weighted by Gasteiger charge is 2.38. The van der Waals surface area contributed by atoms with Crippen LogP contribution in [0.15, 0.2) is 24.3 Å². The van der Waals surface area contributed by atoms with E-state index in [0.29, 0.717) is 0 Å². The number of hydrogen-bond donors (Lipinski definition) is 1. The molecule has 0 spiro atoms. The molecular weight excluding hydrogens is 258 g/mol. The number of rotatable bonds is 10. The molecule has 2 nitrogen and oxygen atoms in total. The van der Waals surface area contributed by atoms with Gasteiger partial charge in [0, 0.05) is 0 Å². The van der Waals surface area contributed by atoms with Gasteiger partial charge in [-0.25, -0.2) is 0 Å². The van der Waals surface area contributed by atoms with Gasteiger partial charge in [-0.3, -0.25) is 0 Å². The lowest BCUT2D eigenvalue weighted by Crippen LogP contribution is -2.45. The molecule has 1 aliphatic carbocycles. The van der Waals surface area contributed by atoms with Crippen LogP contribution in [0.3, 0.4) is 0 Å². The summed E-state index contributed by atoms with van der Waals surface area (Å²) in [7, 11) is 0. The van der Waals surface area contributed by atoms with Crippen molar-refractivity contribution in [3.05, 3.63) is 29.8 Å². The third kappa shape index (κ3) is 5.03. The molecule has 0 heterocycles. The first-order valence-corrected chi connectivity index (χ1v) is 8.77. The van der Waals surface area contributed by atoms with Crippen LogP contribution in [0.5, 0.6) is 5.75 Å². The Balaban J connectivity index is 1.83. The molecule has 0 unspecified atom stereocenters. The molecule has 1 aliphatic rings. The normalized spacial score (nSPS) is 16.5. The summed E-state index contributed by atoms with van der Waals surface area (Å²) in [4.78, 5) is 0. The standard InChI is InChI=1S/C19H31NO/c1-3-5-7-17-8-10-18(11-9-17)21-19(12-6-13-19)14-16-20-15-4-2/h8-11,20H,3-7,12-16H2,1-2H3. The van der Waals surface area contributed by atoms with Crippen LogP contribution in [-0.2, 0) is 6.42 Å². The average Bonchev–Trinajstić information content (AvgIpc) is 2.48. The topological polar surface area (TPSA) is 21.3 Å². The van der Waals surface area contributed by atoms with Gasteiger partial charge >= 0.3 is 0 Å². The molecule has 2 heteroatoms. The second-order valence-electron chi connectivity index (χ2n) is 6.39. The monoisotopic (exact) mass is 289 g/mol. The van der Waals surface area contributed by atoms with Crippen molar-refractivity contribution >= 4 is 0 Å². The van der Waals surface area contributed by atoms with E-state index in [4.69, 9.17) is 4.74 Å². The van der Waals surface area contributed by atoms with E-state index in [1.54, 1.807) is 0 Å². The Kier molecular flexibility index (Phi) is 6.56. The first kappa shape index (κ1) is 16.4. The van der Waals surface area contributed by atoms with E-state index < -0.39 is 0 Å². The van der Waals surface area contributed by atoms with Gasteiger partial charge in [0.15, 0.2) is 0 Å². The smallest absolute Gasteiger partial charge is 0.120 e. The Morgan fingerprint density at radius 2 is 1.81 bits per heavy atom. The van der Waals surface area contributed by atoms with E-state index in [2.05, 4.69) is 43.4 Å². The number of benzene rings is 1. The first-order valence-electron chi connectivity index (χ1n) is 8.77. The Bertz CT molecular complexity index is 395. The minimum Gasteiger partial charge on any atom is -0.487 e. The Morgan fingerprint density at radius 1 is 1.05 bits per heavy atom. The van der Waals surface area contributed by atoms with Gasteiger partial charge in [-0.1, -0.05) is 32.4 Å². The third-order valence-electron chi connectivity index (χ3n) is 4.53. The zero-order valence-electron chi connectivity index (χ0n) is 13.8. The maximum Gasteiger partial charge on any atom is 0.120 e. The molecular formula is C19H31NO. The molecule has 2 rings (SSSR count). The number of ether oxygens (including phenoxy) is 1. The molecule has 118 valence electrons. The predicted octanol–water partition coefficient (Wildman–Crippen LogP) is 4.72. The van der Waals surface area contributed by atoms with Gasteiger partial charge < -0.3 is 10.1 Å². The van der Waals surface area contributed by atoms with E-state index in [1.165, 1.54) is 50.5 Å². The molecule has 0 saturated heterocycles. The van der Waals surface area contributed by atoms with Crippen molar-refractivity contribution in [3.8, 4) is 5.75 Å². The van der Waals surface area contributed by atoms with E-state index in [9.17, 15) is 0 Å². The maximum absolute atomic E-state index is 6.34. The van der Waals surface area contributed by atoms with E-state index in [0.717, 1.165) is 25.3 Å². The molecule has 0 atom stereocenters. The van der Waals surface area contributed by atoms with Crippen molar-refractivity contribution in [2.45, 2.75) is 70.8 Å². The summed E-state index contributed by atoms with van der Waals surface area (Å²) in [6, 6.07) is 8.77. The van der Waals surface area contributed by atoms with Crippen molar-refractivity contribution in [2.75, 3.05) is 13.1 Å². The SMILES string of the molecule is CCCCc1ccc(OC2(CCNCCC)CCC2)cc1. The van der Waals surface area contributed by atoms with Crippen molar-refractivity contribution in [3.63, 3.8) is 0 Å². The quantitative estimate of drug-likeness (QED) is 0.629. The fourth-order valence-corrected chi connectivity index (χ4v) is 2.95. The summed E-state index contributed by atoms with van der Waals surface area (Å²) >= 11 is 0. The fourth-order valence-electron chi connectivity index (χ4n) is 2.95. The van der Waals surface area contributed by atoms with Crippen LogP contribution in [-0.4, -0.2) is 18.7 Å². The van der Waals surface area contributed by atoms with E-state index in [-0.39, 0.29) is 5.60 Å². The summed E-state index contributed by atoms with van der Waals surface area (Å²) in [6.45, 7) is 6.64. The maximum atomic E-state index is 6.34. The van der Waals surface area contributed by atoms with Crippen LogP contribution in [0, 0.1) is 0 Å². The van der Waals surface area contributed by atoms with Gasteiger partial charge in [-0.05, 0) is 75.7 Å². The number of unbranched alkanes of at least 4 members (excludes halogenated alkanes) is 1. The van der Waals surface area contributed by atoms with Gasteiger partial charge in [0.2, 0.25) is 0 Å². The molecule has 1 fully saturated rings. The van der Waals surface area contributed by atoms with Crippen molar-refractivity contribution in [1.29, 1.82) is 0 Å². The van der Waals surface area contributed by atoms with Gasteiger partial charge in [0.05, 0.1) is 0 Å². The van der Waals surface area contributed by atoms with Crippen LogP contribution in [0.25, 0.3) is 0 Å². The number of aryl methyl sites for hydroxylation is 1. The molecule has 1 saturated carbocycles. The minimum atomic E-state index is 0.103. The van der Waals surface area contributed by atoms with E-state index in [1.807, 2.05) is 0 Å². The van der Waals surface area contributed by atoms with Crippen LogP contribution in [0.4, 0.5) is 0 Å². The molecule has 1 N–H and O–H groups in total. The molecule has 1 aromatic carbocycles. The second-order valence-corrected chi connectivity index (χ2v) is 6.39. The Hall–Kier alpha value is -1.02. The summed E-state index contributed by atoms with van der Waals surface area (Å²) in [5.41, 5.74) is 1.53.